The SMILES string of the molecule is CCc1cnc(CCNC(=NC)NCC(C)(C)N2CCCC(C)C2)s1.I. The third-order valence-corrected chi connectivity index (χ3v) is 6.21. The van der Waals surface area contributed by atoms with E-state index < -0.39 is 0 Å². The second-order valence-electron chi connectivity index (χ2n) is 7.68. The van der Waals surface area contributed by atoms with E-state index in [0.29, 0.717) is 0 Å². The first-order valence-electron chi connectivity index (χ1n) is 9.57. The molecule has 0 amide bonds. The van der Waals surface area contributed by atoms with Crippen molar-refractivity contribution in [3.05, 3.63) is 16.1 Å². The third kappa shape index (κ3) is 7.31. The molecule has 0 aliphatic carbocycles. The van der Waals surface area contributed by atoms with Crippen molar-refractivity contribution in [1.29, 1.82) is 0 Å². The summed E-state index contributed by atoms with van der Waals surface area (Å²) >= 11 is 1.81. The van der Waals surface area contributed by atoms with Crippen molar-refractivity contribution in [1.82, 2.24) is 20.5 Å². The van der Waals surface area contributed by atoms with Crippen molar-refractivity contribution in [2.45, 2.75) is 58.9 Å². The molecule has 1 aromatic rings. The predicted octanol–water partition coefficient (Wildman–Crippen LogP) is 3.54. The second-order valence-corrected chi connectivity index (χ2v) is 8.88. The molecule has 1 aliphatic heterocycles. The lowest BCUT2D eigenvalue weighted by molar-refractivity contribution is 0.0739. The van der Waals surface area contributed by atoms with Crippen LogP contribution in [0.25, 0.3) is 0 Å². The summed E-state index contributed by atoms with van der Waals surface area (Å²) in [5.41, 5.74) is 0.137. The van der Waals surface area contributed by atoms with Crippen molar-refractivity contribution in [3.63, 3.8) is 0 Å². The van der Waals surface area contributed by atoms with Crippen molar-refractivity contribution in [2.24, 2.45) is 10.9 Å². The summed E-state index contributed by atoms with van der Waals surface area (Å²) < 4.78 is 0. The molecule has 2 rings (SSSR count). The average molecular weight is 494 g/mol. The van der Waals surface area contributed by atoms with Gasteiger partial charge in [0, 0.05) is 49.7 Å². The highest BCUT2D eigenvalue weighted by atomic mass is 127. The minimum atomic E-state index is 0. The van der Waals surface area contributed by atoms with E-state index in [0.717, 1.165) is 37.8 Å². The highest BCUT2D eigenvalue weighted by Crippen LogP contribution is 2.23. The largest absolute Gasteiger partial charge is 0.356 e. The molecule has 1 aliphatic rings. The highest BCUT2D eigenvalue weighted by Gasteiger charge is 2.30. The summed E-state index contributed by atoms with van der Waals surface area (Å²) in [6, 6.07) is 0. The minimum Gasteiger partial charge on any atom is -0.356 e. The average Bonchev–Trinajstić information content (AvgIpc) is 3.06. The van der Waals surface area contributed by atoms with E-state index in [9.17, 15) is 0 Å². The van der Waals surface area contributed by atoms with E-state index in [-0.39, 0.29) is 29.5 Å². The lowest BCUT2D eigenvalue weighted by Gasteiger charge is -2.43. The van der Waals surface area contributed by atoms with Crippen LogP contribution in [0.5, 0.6) is 0 Å². The van der Waals surface area contributed by atoms with E-state index in [4.69, 9.17) is 0 Å². The van der Waals surface area contributed by atoms with Crippen LogP contribution in [-0.4, -0.2) is 54.6 Å². The molecule has 1 saturated heterocycles. The Bertz CT molecular complexity index is 558. The first kappa shape index (κ1) is 23.6. The quantitative estimate of drug-likeness (QED) is 0.347. The molecular formula is C19H36IN5S. The zero-order valence-corrected chi connectivity index (χ0v) is 20.1. The fraction of sp³-hybridized carbons (Fsp3) is 0.789. The van der Waals surface area contributed by atoms with Crippen molar-refractivity contribution in [2.75, 3.05) is 33.2 Å². The number of likely N-dealkylation sites (tertiary alicyclic amines) is 1. The molecule has 0 bridgehead atoms. The van der Waals surface area contributed by atoms with Gasteiger partial charge in [-0.05, 0) is 45.6 Å². The van der Waals surface area contributed by atoms with Gasteiger partial charge in [-0.3, -0.25) is 9.89 Å². The summed E-state index contributed by atoms with van der Waals surface area (Å²) in [5.74, 6) is 1.68. The van der Waals surface area contributed by atoms with E-state index >= 15 is 0 Å². The van der Waals surface area contributed by atoms with Crippen molar-refractivity contribution >= 4 is 41.3 Å². The van der Waals surface area contributed by atoms with Gasteiger partial charge in [-0.15, -0.1) is 35.3 Å². The number of hydrogen-bond donors (Lipinski definition) is 2. The number of aromatic nitrogens is 1. The number of aryl methyl sites for hydroxylation is 1. The molecule has 1 atom stereocenters. The van der Waals surface area contributed by atoms with Crippen LogP contribution < -0.4 is 10.6 Å². The van der Waals surface area contributed by atoms with Crippen molar-refractivity contribution < 1.29 is 0 Å². The number of nitrogens with zero attached hydrogens (tertiary/aromatic N) is 3. The Labute approximate surface area is 180 Å². The van der Waals surface area contributed by atoms with Gasteiger partial charge in [0.1, 0.15) is 0 Å². The van der Waals surface area contributed by atoms with Gasteiger partial charge in [0.15, 0.2) is 5.96 Å². The summed E-state index contributed by atoms with van der Waals surface area (Å²) in [7, 11) is 1.84. The standard InChI is InChI=1S/C19H35N5S.HI/c1-6-16-12-22-17(25-16)9-10-21-18(20-5)23-14-19(3,4)24-11-7-8-15(2)13-24;/h12,15H,6-11,13-14H2,1-5H3,(H2,20,21,23);1H. The smallest absolute Gasteiger partial charge is 0.191 e. The maximum atomic E-state index is 4.47. The Balaban J connectivity index is 0.00000338. The molecule has 1 unspecified atom stereocenters. The first-order valence-corrected chi connectivity index (χ1v) is 10.4. The predicted molar refractivity (Wildman–Crippen MR) is 124 cm³/mol. The number of nitrogens with one attached hydrogen (secondary N) is 2. The van der Waals surface area contributed by atoms with Crippen LogP contribution in [0.15, 0.2) is 11.2 Å². The molecule has 0 radical (unpaired) electrons. The molecule has 26 heavy (non-hydrogen) atoms. The fourth-order valence-corrected chi connectivity index (χ4v) is 4.15. The fourth-order valence-electron chi connectivity index (χ4n) is 3.29. The topological polar surface area (TPSA) is 52.6 Å². The zero-order chi connectivity index (χ0) is 18.3. The number of rotatable bonds is 7. The molecule has 0 aromatic carbocycles. The summed E-state index contributed by atoms with van der Waals surface area (Å²) in [5, 5.41) is 8.12. The lowest BCUT2D eigenvalue weighted by atomic mass is 9.93. The zero-order valence-electron chi connectivity index (χ0n) is 17.0. The van der Waals surface area contributed by atoms with Gasteiger partial charge in [-0.2, -0.15) is 0 Å². The minimum absolute atomic E-state index is 0. The molecule has 5 nitrogen and oxygen atoms in total. The maximum absolute atomic E-state index is 4.47. The van der Waals surface area contributed by atoms with Crippen LogP contribution >= 0.6 is 35.3 Å². The molecule has 0 saturated carbocycles. The van der Waals surface area contributed by atoms with Crippen molar-refractivity contribution in [3.8, 4) is 0 Å². The van der Waals surface area contributed by atoms with Crippen LogP contribution in [0.1, 0.15) is 50.4 Å². The van der Waals surface area contributed by atoms with Crippen LogP contribution in [0.2, 0.25) is 0 Å². The number of thiazole rings is 1. The molecule has 1 fully saturated rings. The molecule has 7 heteroatoms. The Hall–Kier alpha value is -0.410. The second kappa shape index (κ2) is 11.4. The van der Waals surface area contributed by atoms with Gasteiger partial charge in [-0.1, -0.05) is 13.8 Å². The van der Waals surface area contributed by atoms with Crippen LogP contribution in [-0.2, 0) is 12.8 Å². The van der Waals surface area contributed by atoms with Crippen LogP contribution in [0.3, 0.4) is 0 Å². The number of guanidine groups is 1. The third-order valence-electron chi connectivity index (χ3n) is 5.01. The molecule has 1 aromatic heterocycles. The Morgan fingerprint density at radius 1 is 1.42 bits per heavy atom. The number of piperidine rings is 1. The Morgan fingerprint density at radius 2 is 2.19 bits per heavy atom. The summed E-state index contributed by atoms with van der Waals surface area (Å²) in [4.78, 5) is 12.8. The monoisotopic (exact) mass is 493 g/mol. The lowest BCUT2D eigenvalue weighted by Crippen LogP contribution is -2.56. The molecule has 2 heterocycles. The maximum Gasteiger partial charge on any atom is 0.191 e. The van der Waals surface area contributed by atoms with E-state index in [2.05, 4.69) is 53.2 Å². The van der Waals surface area contributed by atoms with E-state index in [1.807, 2.05) is 24.6 Å². The van der Waals surface area contributed by atoms with Gasteiger partial charge in [0.25, 0.3) is 0 Å². The van der Waals surface area contributed by atoms with Crippen LogP contribution in [0.4, 0.5) is 0 Å². The van der Waals surface area contributed by atoms with Crippen LogP contribution in [0, 0.1) is 5.92 Å². The molecule has 2 N–H and O–H groups in total. The first-order chi connectivity index (χ1) is 11.9. The van der Waals surface area contributed by atoms with E-state index in [1.165, 1.54) is 35.8 Å². The number of aliphatic imine (C=N–C) groups is 1. The summed E-state index contributed by atoms with van der Waals surface area (Å²) in [6.07, 6.45) is 6.68. The Morgan fingerprint density at radius 3 is 2.81 bits per heavy atom. The van der Waals surface area contributed by atoms with Gasteiger partial charge in [-0.25, -0.2) is 4.98 Å². The van der Waals surface area contributed by atoms with Gasteiger partial charge in [0.2, 0.25) is 0 Å². The van der Waals surface area contributed by atoms with Gasteiger partial charge in [0.05, 0.1) is 5.01 Å². The molecule has 0 spiro atoms. The van der Waals surface area contributed by atoms with Gasteiger partial charge >= 0.3 is 0 Å². The summed E-state index contributed by atoms with van der Waals surface area (Å²) in [6.45, 7) is 13.3. The van der Waals surface area contributed by atoms with Gasteiger partial charge < -0.3 is 10.6 Å². The normalized spacial score (nSPS) is 19.1. The highest BCUT2D eigenvalue weighted by molar-refractivity contribution is 14.0. The Kier molecular flexibility index (Phi) is 10.4. The molecular weight excluding hydrogens is 457 g/mol. The number of hydrogen-bond acceptors (Lipinski definition) is 4. The number of halogens is 1. The van der Waals surface area contributed by atoms with E-state index in [1.54, 1.807) is 0 Å². The molecule has 150 valence electrons.